The summed E-state index contributed by atoms with van der Waals surface area (Å²) in [6, 6.07) is 2.28. The number of likely N-dealkylation sites (N-methyl/N-ethyl adjacent to an activating group) is 2. The molecule has 1 aliphatic carbocycles. The minimum absolute atomic E-state index is 0.686. The predicted octanol–water partition coefficient (Wildman–Crippen LogP) is 3.03. The molecule has 0 spiro atoms. The molecule has 0 bridgehead atoms. The van der Waals surface area contributed by atoms with Gasteiger partial charge in [0.25, 0.3) is 0 Å². The average molecular weight is 226 g/mol. The smallest absolute Gasteiger partial charge is 0.0246 e. The maximum absolute atomic E-state index is 3.68. The maximum Gasteiger partial charge on any atom is 0.0246 e. The van der Waals surface area contributed by atoms with Crippen molar-refractivity contribution in [3.05, 3.63) is 0 Å². The summed E-state index contributed by atoms with van der Waals surface area (Å²) in [7, 11) is 2.33. The van der Waals surface area contributed by atoms with Crippen LogP contribution in [0.4, 0.5) is 0 Å². The van der Waals surface area contributed by atoms with Gasteiger partial charge in [0.05, 0.1) is 0 Å². The highest BCUT2D eigenvalue weighted by atomic mass is 15.2. The first-order valence-corrected chi connectivity index (χ1v) is 7.19. The van der Waals surface area contributed by atoms with Crippen molar-refractivity contribution in [3.8, 4) is 0 Å². The van der Waals surface area contributed by atoms with Gasteiger partial charge in [-0.15, -0.1) is 0 Å². The van der Waals surface area contributed by atoms with Crippen LogP contribution in [0, 0.1) is 0 Å². The molecule has 1 saturated carbocycles. The van der Waals surface area contributed by atoms with E-state index in [2.05, 4.69) is 38.0 Å². The maximum atomic E-state index is 3.68. The summed E-state index contributed by atoms with van der Waals surface area (Å²) in [5.41, 5.74) is 0. The molecule has 0 amide bonds. The minimum Gasteiger partial charge on any atom is -0.313 e. The first-order valence-electron chi connectivity index (χ1n) is 7.19. The fourth-order valence-electron chi connectivity index (χ4n) is 2.92. The largest absolute Gasteiger partial charge is 0.313 e. The highest BCUT2D eigenvalue weighted by molar-refractivity contribution is 4.88. The topological polar surface area (TPSA) is 15.3 Å². The van der Waals surface area contributed by atoms with Gasteiger partial charge in [0.15, 0.2) is 0 Å². The Labute approximate surface area is 102 Å². The van der Waals surface area contributed by atoms with E-state index in [1.165, 1.54) is 38.5 Å². The van der Waals surface area contributed by atoms with Crippen LogP contribution in [-0.2, 0) is 0 Å². The number of nitrogens with one attached hydrogen (secondary N) is 1. The molecule has 0 radical (unpaired) electrons. The average Bonchev–Trinajstić information content (AvgIpc) is 2.16. The lowest BCUT2D eigenvalue weighted by Gasteiger charge is -2.43. The Morgan fingerprint density at radius 1 is 1.25 bits per heavy atom. The standard InChI is InChI=1S/C14H30N2/c1-5-9-13(15-7-3)14(6-2)16(4)12-10-8-11-12/h12-15H,5-11H2,1-4H3. The van der Waals surface area contributed by atoms with Crippen molar-refractivity contribution in [1.29, 1.82) is 0 Å². The Morgan fingerprint density at radius 3 is 2.31 bits per heavy atom. The zero-order chi connectivity index (χ0) is 12.0. The van der Waals surface area contributed by atoms with Gasteiger partial charge in [0, 0.05) is 18.1 Å². The van der Waals surface area contributed by atoms with E-state index in [0.717, 1.165) is 18.6 Å². The van der Waals surface area contributed by atoms with E-state index in [1.807, 2.05) is 0 Å². The molecule has 0 heterocycles. The Balaban J connectivity index is 2.52. The molecule has 1 aliphatic rings. The van der Waals surface area contributed by atoms with E-state index >= 15 is 0 Å². The second kappa shape index (κ2) is 7.29. The molecule has 1 rings (SSSR count). The SMILES string of the molecule is CCCC(NCC)C(CC)N(C)C1CCC1. The van der Waals surface area contributed by atoms with Gasteiger partial charge in [-0.1, -0.05) is 33.6 Å². The molecule has 0 aromatic heterocycles. The summed E-state index contributed by atoms with van der Waals surface area (Å²) in [5.74, 6) is 0. The molecule has 0 aromatic rings. The normalized spacial score (nSPS) is 20.8. The van der Waals surface area contributed by atoms with E-state index in [-0.39, 0.29) is 0 Å². The highest BCUT2D eigenvalue weighted by Crippen LogP contribution is 2.27. The van der Waals surface area contributed by atoms with E-state index < -0.39 is 0 Å². The quantitative estimate of drug-likeness (QED) is 0.684. The lowest BCUT2D eigenvalue weighted by atomic mass is 9.88. The van der Waals surface area contributed by atoms with Crippen molar-refractivity contribution < 1.29 is 0 Å². The molecule has 0 aromatic carbocycles. The van der Waals surface area contributed by atoms with Crippen molar-refractivity contribution in [1.82, 2.24) is 10.2 Å². The molecule has 2 nitrogen and oxygen atoms in total. The van der Waals surface area contributed by atoms with Gasteiger partial charge in [-0.05, 0) is 39.3 Å². The highest BCUT2D eigenvalue weighted by Gasteiger charge is 2.30. The lowest BCUT2D eigenvalue weighted by Crippen LogP contribution is -2.53. The Morgan fingerprint density at radius 2 is 1.94 bits per heavy atom. The monoisotopic (exact) mass is 226 g/mol. The van der Waals surface area contributed by atoms with E-state index in [4.69, 9.17) is 0 Å². The van der Waals surface area contributed by atoms with Crippen LogP contribution in [0.2, 0.25) is 0 Å². The first-order chi connectivity index (χ1) is 7.74. The van der Waals surface area contributed by atoms with Crippen LogP contribution in [0.5, 0.6) is 0 Å². The fourth-order valence-corrected chi connectivity index (χ4v) is 2.92. The molecule has 16 heavy (non-hydrogen) atoms. The molecule has 2 unspecified atom stereocenters. The minimum atomic E-state index is 0.686. The third-order valence-electron chi connectivity index (χ3n) is 4.12. The van der Waals surface area contributed by atoms with Crippen LogP contribution in [0.3, 0.4) is 0 Å². The summed E-state index contributed by atoms with van der Waals surface area (Å²) in [6.45, 7) is 7.94. The fraction of sp³-hybridized carbons (Fsp3) is 1.00. The van der Waals surface area contributed by atoms with Gasteiger partial charge in [0.2, 0.25) is 0 Å². The van der Waals surface area contributed by atoms with Gasteiger partial charge in [-0.25, -0.2) is 0 Å². The Kier molecular flexibility index (Phi) is 6.37. The van der Waals surface area contributed by atoms with Crippen LogP contribution in [0.25, 0.3) is 0 Å². The molecule has 1 N–H and O–H groups in total. The van der Waals surface area contributed by atoms with Crippen molar-refractivity contribution in [3.63, 3.8) is 0 Å². The van der Waals surface area contributed by atoms with Crippen molar-refractivity contribution in [2.75, 3.05) is 13.6 Å². The predicted molar refractivity (Wildman–Crippen MR) is 71.9 cm³/mol. The molecular formula is C14H30N2. The van der Waals surface area contributed by atoms with Crippen molar-refractivity contribution in [2.45, 2.75) is 77.4 Å². The van der Waals surface area contributed by atoms with Crippen LogP contribution in [0.1, 0.15) is 59.3 Å². The van der Waals surface area contributed by atoms with E-state index in [9.17, 15) is 0 Å². The summed E-state index contributed by atoms with van der Waals surface area (Å²) in [6.07, 6.45) is 8.13. The third-order valence-corrected chi connectivity index (χ3v) is 4.12. The number of rotatable bonds is 8. The summed E-state index contributed by atoms with van der Waals surface area (Å²) in [5, 5.41) is 3.68. The van der Waals surface area contributed by atoms with Crippen molar-refractivity contribution >= 4 is 0 Å². The molecule has 2 atom stereocenters. The van der Waals surface area contributed by atoms with E-state index in [0.29, 0.717) is 6.04 Å². The van der Waals surface area contributed by atoms with Gasteiger partial charge < -0.3 is 5.32 Å². The molecular weight excluding hydrogens is 196 g/mol. The van der Waals surface area contributed by atoms with Gasteiger partial charge in [-0.2, -0.15) is 0 Å². The molecule has 0 saturated heterocycles. The zero-order valence-electron chi connectivity index (χ0n) is 11.6. The lowest BCUT2D eigenvalue weighted by molar-refractivity contribution is 0.0822. The van der Waals surface area contributed by atoms with Crippen LogP contribution in [0.15, 0.2) is 0 Å². The summed E-state index contributed by atoms with van der Waals surface area (Å²) in [4.78, 5) is 2.65. The van der Waals surface area contributed by atoms with Gasteiger partial charge in [0.1, 0.15) is 0 Å². The number of hydrogen-bond donors (Lipinski definition) is 1. The Bertz CT molecular complexity index is 172. The third kappa shape index (κ3) is 3.46. The molecule has 96 valence electrons. The zero-order valence-corrected chi connectivity index (χ0v) is 11.6. The second-order valence-corrected chi connectivity index (χ2v) is 5.18. The second-order valence-electron chi connectivity index (χ2n) is 5.18. The van der Waals surface area contributed by atoms with Crippen LogP contribution < -0.4 is 5.32 Å². The molecule has 0 aliphatic heterocycles. The van der Waals surface area contributed by atoms with E-state index in [1.54, 1.807) is 0 Å². The van der Waals surface area contributed by atoms with Gasteiger partial charge in [-0.3, -0.25) is 4.90 Å². The van der Waals surface area contributed by atoms with Gasteiger partial charge >= 0.3 is 0 Å². The first kappa shape index (κ1) is 14.0. The molecule has 2 heteroatoms. The number of hydrogen-bond acceptors (Lipinski definition) is 2. The summed E-state index contributed by atoms with van der Waals surface area (Å²) >= 11 is 0. The van der Waals surface area contributed by atoms with Crippen molar-refractivity contribution in [2.24, 2.45) is 0 Å². The Hall–Kier alpha value is -0.0800. The molecule has 1 fully saturated rings. The van der Waals surface area contributed by atoms with Crippen LogP contribution >= 0.6 is 0 Å². The summed E-state index contributed by atoms with van der Waals surface area (Å²) < 4.78 is 0. The number of nitrogens with zero attached hydrogens (tertiary/aromatic N) is 1. The van der Waals surface area contributed by atoms with Crippen LogP contribution in [-0.4, -0.2) is 36.6 Å².